The highest BCUT2D eigenvalue weighted by Gasteiger charge is 1.97. The minimum absolute atomic E-state index is 0.439. The molecule has 1 radical (unpaired) electrons. The average Bonchev–Trinajstić information content (AvgIpc) is 2.61. The summed E-state index contributed by atoms with van der Waals surface area (Å²) in [6.45, 7) is 0.439. The molecule has 0 saturated heterocycles. The molecule has 107 valence electrons. The van der Waals surface area contributed by atoms with Gasteiger partial charge in [-0.25, -0.2) is 0 Å². The molecule has 0 saturated carbocycles. The molecule has 0 aliphatic heterocycles. The van der Waals surface area contributed by atoms with Crippen molar-refractivity contribution >= 4 is 6.21 Å². The molecule has 0 unspecified atom stereocenters. The summed E-state index contributed by atoms with van der Waals surface area (Å²) in [5.74, 6) is 0. The van der Waals surface area contributed by atoms with Crippen LogP contribution in [0.1, 0.15) is 11.1 Å². The quantitative estimate of drug-likeness (QED) is 0.488. The Balaban J connectivity index is 1.57. The first-order valence-corrected chi connectivity index (χ1v) is 7.19. The van der Waals surface area contributed by atoms with Crippen molar-refractivity contribution in [2.24, 2.45) is 5.16 Å². The second kappa shape index (κ2) is 7.23. The van der Waals surface area contributed by atoms with Gasteiger partial charge in [0.1, 0.15) is 12.8 Å². The van der Waals surface area contributed by atoms with Gasteiger partial charge in [-0.15, -0.1) is 0 Å². The van der Waals surface area contributed by atoms with Gasteiger partial charge in [0.25, 0.3) is 0 Å². The molecule has 0 amide bonds. The van der Waals surface area contributed by atoms with Crippen LogP contribution in [0, 0.1) is 0 Å². The molecule has 0 aromatic heterocycles. The highest BCUT2D eigenvalue weighted by atomic mass is 16.6. The standard InChI is InChI=1S/C20H16NO/c1-3-7-17(8-4-1)15-21-22-16-18-11-13-20(14-12-18)19-9-5-2-6-10-19/h1-14H,16H2. The van der Waals surface area contributed by atoms with Crippen LogP contribution in [0.5, 0.6) is 0 Å². The van der Waals surface area contributed by atoms with Crippen LogP contribution in [0.15, 0.2) is 90.1 Å². The number of benzene rings is 3. The molecule has 0 atom stereocenters. The van der Waals surface area contributed by atoms with Gasteiger partial charge in [-0.2, -0.15) is 0 Å². The molecule has 2 nitrogen and oxygen atoms in total. The van der Waals surface area contributed by atoms with Gasteiger partial charge >= 0.3 is 0 Å². The second-order valence-corrected chi connectivity index (χ2v) is 4.91. The third kappa shape index (κ3) is 3.83. The van der Waals surface area contributed by atoms with Crippen molar-refractivity contribution in [1.29, 1.82) is 0 Å². The fourth-order valence-electron chi connectivity index (χ4n) is 2.13. The maximum Gasteiger partial charge on any atom is 0.142 e. The van der Waals surface area contributed by atoms with Crippen molar-refractivity contribution in [2.75, 3.05) is 0 Å². The summed E-state index contributed by atoms with van der Waals surface area (Å²) in [4.78, 5) is 5.28. The predicted molar refractivity (Wildman–Crippen MR) is 89.6 cm³/mol. The lowest BCUT2D eigenvalue weighted by Crippen LogP contribution is -1.88. The Morgan fingerprint density at radius 3 is 1.95 bits per heavy atom. The Morgan fingerprint density at radius 2 is 1.27 bits per heavy atom. The van der Waals surface area contributed by atoms with Crippen LogP contribution < -0.4 is 0 Å². The van der Waals surface area contributed by atoms with E-state index >= 15 is 0 Å². The van der Waals surface area contributed by atoms with Crippen LogP contribution in [0.3, 0.4) is 0 Å². The lowest BCUT2D eigenvalue weighted by molar-refractivity contribution is 0.132. The molecule has 0 bridgehead atoms. The summed E-state index contributed by atoms with van der Waals surface area (Å²) in [5.41, 5.74) is 4.40. The Hall–Kier alpha value is -2.87. The van der Waals surface area contributed by atoms with E-state index in [1.54, 1.807) is 0 Å². The first kappa shape index (κ1) is 14.1. The van der Waals surface area contributed by atoms with Crippen molar-refractivity contribution in [2.45, 2.75) is 6.61 Å². The largest absolute Gasteiger partial charge is 0.390 e. The SMILES string of the molecule is [C](=N/OCc1ccc(-c2ccccc2)cc1)/c1ccccc1. The molecular formula is C20H16NO. The van der Waals surface area contributed by atoms with Gasteiger partial charge in [-0.3, -0.25) is 0 Å². The second-order valence-electron chi connectivity index (χ2n) is 4.91. The number of hydrogen-bond acceptors (Lipinski definition) is 2. The van der Waals surface area contributed by atoms with Crippen LogP contribution in [0.25, 0.3) is 11.1 Å². The Kier molecular flexibility index (Phi) is 4.63. The van der Waals surface area contributed by atoms with E-state index in [-0.39, 0.29) is 0 Å². The van der Waals surface area contributed by atoms with Gasteiger partial charge < -0.3 is 4.84 Å². The van der Waals surface area contributed by atoms with E-state index < -0.39 is 0 Å². The van der Waals surface area contributed by atoms with Gasteiger partial charge in [0.05, 0.1) is 0 Å². The van der Waals surface area contributed by atoms with Crippen molar-refractivity contribution in [3.63, 3.8) is 0 Å². The normalized spacial score (nSPS) is 10.7. The van der Waals surface area contributed by atoms with Crippen molar-refractivity contribution in [1.82, 2.24) is 0 Å². The minimum atomic E-state index is 0.439. The van der Waals surface area contributed by atoms with Gasteiger partial charge in [0.2, 0.25) is 0 Å². The van der Waals surface area contributed by atoms with Crippen LogP contribution in [-0.2, 0) is 11.4 Å². The molecule has 2 heteroatoms. The molecule has 3 aromatic carbocycles. The van der Waals surface area contributed by atoms with Gasteiger partial charge in [-0.05, 0) is 16.7 Å². The monoisotopic (exact) mass is 286 g/mol. The number of nitrogens with zero attached hydrogens (tertiary/aromatic N) is 1. The fraction of sp³-hybridized carbons (Fsp3) is 0.0500. The summed E-state index contributed by atoms with van der Waals surface area (Å²) in [7, 11) is 0. The Morgan fingerprint density at radius 1 is 0.682 bits per heavy atom. The predicted octanol–water partition coefficient (Wildman–Crippen LogP) is 4.78. The maximum atomic E-state index is 5.28. The summed E-state index contributed by atoms with van der Waals surface area (Å²) >= 11 is 0. The van der Waals surface area contributed by atoms with E-state index in [0.717, 1.165) is 11.1 Å². The molecule has 0 N–H and O–H groups in total. The van der Waals surface area contributed by atoms with Gasteiger partial charge in [-0.1, -0.05) is 90.1 Å². The average molecular weight is 286 g/mol. The maximum absolute atomic E-state index is 5.28. The molecule has 0 spiro atoms. The molecule has 0 aliphatic carbocycles. The van der Waals surface area contributed by atoms with Gasteiger partial charge in [0, 0.05) is 5.56 Å². The third-order valence-corrected chi connectivity index (χ3v) is 3.31. The molecule has 0 heterocycles. The number of rotatable bonds is 5. The summed E-state index contributed by atoms with van der Waals surface area (Å²) in [5, 5.41) is 3.87. The lowest BCUT2D eigenvalue weighted by Gasteiger charge is -2.03. The van der Waals surface area contributed by atoms with E-state index in [4.69, 9.17) is 4.84 Å². The first-order valence-electron chi connectivity index (χ1n) is 7.19. The van der Waals surface area contributed by atoms with E-state index in [1.807, 2.05) is 48.5 Å². The zero-order valence-corrected chi connectivity index (χ0v) is 12.1. The molecule has 0 fully saturated rings. The minimum Gasteiger partial charge on any atom is -0.390 e. The topological polar surface area (TPSA) is 21.6 Å². The fourth-order valence-corrected chi connectivity index (χ4v) is 2.13. The third-order valence-electron chi connectivity index (χ3n) is 3.31. The van der Waals surface area contributed by atoms with Crippen LogP contribution in [-0.4, -0.2) is 6.21 Å². The van der Waals surface area contributed by atoms with Crippen LogP contribution in [0.4, 0.5) is 0 Å². The van der Waals surface area contributed by atoms with Gasteiger partial charge in [0.15, 0.2) is 0 Å². The first-order chi connectivity index (χ1) is 10.9. The van der Waals surface area contributed by atoms with E-state index in [1.165, 1.54) is 11.1 Å². The number of hydrogen-bond donors (Lipinski definition) is 0. The molecule has 3 rings (SSSR count). The highest BCUT2D eigenvalue weighted by molar-refractivity contribution is 5.78. The van der Waals surface area contributed by atoms with Crippen molar-refractivity contribution < 1.29 is 4.84 Å². The van der Waals surface area contributed by atoms with Crippen LogP contribution in [0.2, 0.25) is 0 Å². The van der Waals surface area contributed by atoms with Crippen molar-refractivity contribution in [3.8, 4) is 11.1 Å². The smallest absolute Gasteiger partial charge is 0.142 e. The zero-order valence-electron chi connectivity index (χ0n) is 12.1. The summed E-state index contributed by atoms with van der Waals surface area (Å²) in [6, 6.07) is 28.3. The van der Waals surface area contributed by atoms with Crippen LogP contribution >= 0.6 is 0 Å². The lowest BCUT2D eigenvalue weighted by atomic mass is 10.0. The van der Waals surface area contributed by atoms with E-state index in [2.05, 4.69) is 47.8 Å². The zero-order chi connectivity index (χ0) is 15.0. The summed E-state index contributed by atoms with van der Waals surface area (Å²) in [6.07, 6.45) is 2.85. The molecular weight excluding hydrogens is 270 g/mol. The highest BCUT2D eigenvalue weighted by Crippen LogP contribution is 2.19. The van der Waals surface area contributed by atoms with E-state index in [0.29, 0.717) is 6.61 Å². The molecule has 0 aliphatic rings. The summed E-state index contributed by atoms with van der Waals surface area (Å²) < 4.78 is 0. The molecule has 3 aromatic rings. The van der Waals surface area contributed by atoms with E-state index in [9.17, 15) is 0 Å². The molecule has 22 heavy (non-hydrogen) atoms. The van der Waals surface area contributed by atoms with Crippen molar-refractivity contribution in [3.05, 3.63) is 96.1 Å². The Labute approximate surface area is 130 Å². The Bertz CT molecular complexity index is 719.